The Labute approximate surface area is 122 Å². The van der Waals surface area contributed by atoms with E-state index < -0.39 is 0 Å². The highest BCUT2D eigenvalue weighted by Crippen LogP contribution is 2.39. The zero-order chi connectivity index (χ0) is 14.0. The maximum absolute atomic E-state index is 6.38. The van der Waals surface area contributed by atoms with Gasteiger partial charge in [0.1, 0.15) is 19.1 Å². The molecule has 3 nitrogen and oxygen atoms in total. The van der Waals surface area contributed by atoms with E-state index in [1.54, 1.807) is 0 Å². The van der Waals surface area contributed by atoms with Gasteiger partial charge in [-0.05, 0) is 26.7 Å². The predicted molar refractivity (Wildman–Crippen MR) is 78.6 cm³/mol. The van der Waals surface area contributed by atoms with Gasteiger partial charge in [-0.25, -0.2) is 0 Å². The lowest BCUT2D eigenvalue weighted by atomic mass is 9.98. The molecule has 2 saturated heterocycles. The molecule has 2 aliphatic rings. The quantitative estimate of drug-likeness (QED) is 0.782. The summed E-state index contributed by atoms with van der Waals surface area (Å²) in [6.07, 6.45) is 5.12. The molecule has 3 heteroatoms. The summed E-state index contributed by atoms with van der Waals surface area (Å²) in [4.78, 5) is 6.38. The molecule has 0 aliphatic carbocycles. The number of ether oxygens (including phenoxy) is 1. The average Bonchev–Trinajstić information content (AvgIpc) is 2.76. The third-order valence-corrected chi connectivity index (χ3v) is 4.50. The molecule has 0 spiro atoms. The summed E-state index contributed by atoms with van der Waals surface area (Å²) in [5.74, 6) is 0. The fourth-order valence-electron chi connectivity index (χ4n) is 3.65. The number of quaternary nitrogens is 1. The van der Waals surface area contributed by atoms with Crippen LogP contribution in [-0.4, -0.2) is 29.6 Å². The Morgan fingerprint density at radius 3 is 2.80 bits per heavy atom. The van der Waals surface area contributed by atoms with Gasteiger partial charge in [-0.15, -0.1) is 0 Å². The second-order valence-corrected chi connectivity index (χ2v) is 6.42. The molecule has 0 N–H and O–H groups in total. The van der Waals surface area contributed by atoms with Gasteiger partial charge in [-0.3, -0.25) is 0 Å². The fraction of sp³-hybridized carbons (Fsp3) is 0.647. The van der Waals surface area contributed by atoms with E-state index in [-0.39, 0.29) is 12.4 Å². The first-order chi connectivity index (χ1) is 9.68. The van der Waals surface area contributed by atoms with Gasteiger partial charge in [0.25, 0.3) is 0 Å². The molecule has 110 valence electrons. The van der Waals surface area contributed by atoms with E-state index in [1.165, 1.54) is 24.8 Å². The van der Waals surface area contributed by atoms with Crippen molar-refractivity contribution in [2.75, 3.05) is 6.54 Å². The topological polar surface area (TPSA) is 18.5 Å². The van der Waals surface area contributed by atoms with E-state index >= 15 is 0 Å². The zero-order valence-electron chi connectivity index (χ0n) is 12.6. The molecule has 0 bridgehead atoms. The molecule has 0 saturated carbocycles. The Kier molecular flexibility index (Phi) is 4.11. The number of nitrogens with zero attached hydrogens (tertiary/aromatic N) is 1. The molecule has 2 heterocycles. The maximum Gasteiger partial charge on any atom is 0.221 e. The highest BCUT2D eigenvalue weighted by atomic mass is 16.8. The Morgan fingerprint density at radius 1 is 1.25 bits per heavy atom. The normalized spacial score (nSPS) is 33.4. The van der Waals surface area contributed by atoms with E-state index in [2.05, 4.69) is 44.2 Å². The number of hydrogen-bond acceptors (Lipinski definition) is 2. The van der Waals surface area contributed by atoms with Crippen LogP contribution in [0.3, 0.4) is 0 Å². The van der Waals surface area contributed by atoms with Crippen LogP contribution in [0.15, 0.2) is 30.3 Å². The second kappa shape index (κ2) is 5.84. The number of benzene rings is 1. The lowest BCUT2D eigenvalue weighted by Gasteiger charge is -2.39. The Bertz CT molecular complexity index is 434. The first-order valence-corrected chi connectivity index (χ1v) is 7.92. The first-order valence-electron chi connectivity index (χ1n) is 7.92. The Balaban J connectivity index is 1.76. The van der Waals surface area contributed by atoms with Gasteiger partial charge in [0.05, 0.1) is 12.5 Å². The van der Waals surface area contributed by atoms with Crippen molar-refractivity contribution in [3.8, 4) is 0 Å². The van der Waals surface area contributed by atoms with E-state index in [0.717, 1.165) is 24.2 Å². The van der Waals surface area contributed by atoms with Crippen LogP contribution in [0.4, 0.5) is 0 Å². The summed E-state index contributed by atoms with van der Waals surface area (Å²) in [7, 11) is 0. The van der Waals surface area contributed by atoms with Gasteiger partial charge in [-0.2, -0.15) is 9.48 Å². The summed E-state index contributed by atoms with van der Waals surface area (Å²) >= 11 is 0. The van der Waals surface area contributed by atoms with E-state index in [4.69, 9.17) is 9.57 Å². The summed E-state index contributed by atoms with van der Waals surface area (Å²) in [6.45, 7) is 6.27. The smallest absolute Gasteiger partial charge is 0.221 e. The van der Waals surface area contributed by atoms with Crippen molar-refractivity contribution < 1.29 is 14.2 Å². The molecule has 0 unspecified atom stereocenters. The van der Waals surface area contributed by atoms with Crippen LogP contribution in [0.2, 0.25) is 0 Å². The highest BCUT2D eigenvalue weighted by Gasteiger charge is 2.51. The minimum Gasteiger partial charge on any atom is -0.345 e. The number of piperidine rings is 1. The van der Waals surface area contributed by atoms with Gasteiger partial charge in [0.15, 0.2) is 0 Å². The molecule has 3 rings (SSSR count). The molecule has 0 radical (unpaired) electrons. The summed E-state index contributed by atoms with van der Waals surface area (Å²) in [6, 6.07) is 11.3. The third-order valence-electron chi connectivity index (χ3n) is 4.50. The van der Waals surface area contributed by atoms with Gasteiger partial charge < -0.3 is 4.74 Å². The predicted octanol–water partition coefficient (Wildman–Crippen LogP) is 3.64. The molecular weight excluding hydrogens is 250 g/mol. The van der Waals surface area contributed by atoms with Crippen molar-refractivity contribution in [2.24, 2.45) is 0 Å². The zero-order valence-corrected chi connectivity index (χ0v) is 12.6. The van der Waals surface area contributed by atoms with E-state index in [1.807, 2.05) is 0 Å². The SMILES string of the molecule is CC(C)O[C@@H]1C[C@@H]2CCCC[N@+]2(Cc2ccccc2)O1. The fourth-order valence-corrected chi connectivity index (χ4v) is 3.65. The molecule has 0 aromatic heterocycles. The van der Waals surface area contributed by atoms with Crippen molar-refractivity contribution in [3.63, 3.8) is 0 Å². The number of rotatable bonds is 4. The monoisotopic (exact) mass is 276 g/mol. The molecule has 1 aromatic carbocycles. The summed E-state index contributed by atoms with van der Waals surface area (Å²) in [5.41, 5.74) is 1.37. The molecule has 0 amide bonds. The lowest BCUT2D eigenvalue weighted by molar-refractivity contribution is -1.13. The highest BCUT2D eigenvalue weighted by molar-refractivity contribution is 5.13. The van der Waals surface area contributed by atoms with Crippen LogP contribution < -0.4 is 0 Å². The second-order valence-electron chi connectivity index (χ2n) is 6.42. The van der Waals surface area contributed by atoms with Crippen molar-refractivity contribution >= 4 is 0 Å². The molecule has 1 aromatic rings. The summed E-state index contributed by atoms with van der Waals surface area (Å²) in [5, 5.41) is 0. The van der Waals surface area contributed by atoms with E-state index in [0.29, 0.717) is 6.04 Å². The number of hydrogen-bond donors (Lipinski definition) is 0. The van der Waals surface area contributed by atoms with Crippen molar-refractivity contribution in [3.05, 3.63) is 35.9 Å². The van der Waals surface area contributed by atoms with Gasteiger partial charge in [-0.1, -0.05) is 30.3 Å². The summed E-state index contributed by atoms with van der Waals surface area (Å²) < 4.78 is 6.71. The van der Waals surface area contributed by atoms with Crippen LogP contribution in [0.25, 0.3) is 0 Å². The van der Waals surface area contributed by atoms with Gasteiger partial charge in [0.2, 0.25) is 6.29 Å². The van der Waals surface area contributed by atoms with Crippen LogP contribution >= 0.6 is 0 Å². The standard InChI is InChI=1S/C17H26NO2/c1-14(2)19-17-12-16-10-6-7-11-18(16,20-17)13-15-8-4-3-5-9-15/h3-5,8-9,14,16-17H,6-7,10-13H2,1-2H3/q+1/t16-,17-,18+/m0/s1. The first kappa shape index (κ1) is 14.1. The maximum atomic E-state index is 6.38. The van der Waals surface area contributed by atoms with Crippen LogP contribution in [-0.2, 0) is 16.1 Å². The van der Waals surface area contributed by atoms with E-state index in [9.17, 15) is 0 Å². The molecule has 2 aliphatic heterocycles. The van der Waals surface area contributed by atoms with Crippen molar-refractivity contribution in [1.29, 1.82) is 0 Å². The average molecular weight is 276 g/mol. The third kappa shape index (κ3) is 2.90. The largest absolute Gasteiger partial charge is 0.345 e. The molecular formula is C17H26NO2+. The van der Waals surface area contributed by atoms with Crippen molar-refractivity contribution in [2.45, 2.75) is 64.5 Å². The minimum atomic E-state index is -0.0261. The number of hydroxylamine groups is 3. The lowest BCUT2D eigenvalue weighted by Crippen LogP contribution is -2.52. The molecule has 20 heavy (non-hydrogen) atoms. The van der Waals surface area contributed by atoms with Crippen molar-refractivity contribution in [1.82, 2.24) is 0 Å². The Morgan fingerprint density at radius 2 is 2.05 bits per heavy atom. The van der Waals surface area contributed by atoms with Gasteiger partial charge in [0, 0.05) is 12.0 Å². The van der Waals surface area contributed by atoms with Crippen LogP contribution in [0, 0.1) is 0 Å². The minimum absolute atomic E-state index is 0.0261. The number of fused-ring (bicyclic) bond motifs is 1. The van der Waals surface area contributed by atoms with Crippen LogP contribution in [0.1, 0.15) is 45.1 Å². The molecule has 2 fully saturated rings. The Hall–Kier alpha value is -0.900. The molecule has 3 atom stereocenters. The van der Waals surface area contributed by atoms with Crippen LogP contribution in [0.5, 0.6) is 0 Å². The van der Waals surface area contributed by atoms with Gasteiger partial charge >= 0.3 is 0 Å².